The van der Waals surface area contributed by atoms with Crippen LogP contribution in [0.15, 0.2) is 79.1 Å². The van der Waals surface area contributed by atoms with Gasteiger partial charge in [-0.05, 0) is 55.6 Å². The lowest BCUT2D eigenvalue weighted by Gasteiger charge is -2.08. The molecule has 0 bridgehead atoms. The van der Waals surface area contributed by atoms with Crippen molar-refractivity contribution in [2.75, 3.05) is 26.0 Å². The van der Waals surface area contributed by atoms with Gasteiger partial charge in [-0.25, -0.2) is 4.98 Å². The summed E-state index contributed by atoms with van der Waals surface area (Å²) < 4.78 is 6.99. The number of hydrogen-bond acceptors (Lipinski definition) is 6. The van der Waals surface area contributed by atoms with Crippen molar-refractivity contribution in [2.24, 2.45) is 0 Å². The molecule has 2 heterocycles. The number of nitriles is 1. The van der Waals surface area contributed by atoms with Gasteiger partial charge in [-0.15, -0.1) is 0 Å². The van der Waals surface area contributed by atoms with Crippen LogP contribution in [0.5, 0.6) is 0 Å². The number of likely N-dealkylation sites (N-methyl/N-ethyl adjacent to an activating group) is 1. The van der Waals surface area contributed by atoms with Crippen LogP contribution in [-0.4, -0.2) is 47.0 Å². The van der Waals surface area contributed by atoms with Crippen LogP contribution in [0.25, 0.3) is 33.3 Å². The van der Waals surface area contributed by atoms with Crippen molar-refractivity contribution in [3.63, 3.8) is 0 Å². The number of ether oxygens (including phenoxy) is 1. The second-order valence-corrected chi connectivity index (χ2v) is 8.80. The predicted molar refractivity (Wildman–Crippen MR) is 143 cm³/mol. The molecule has 0 unspecified atom stereocenters. The number of nitrogens with one attached hydrogen (secondary N) is 1. The summed E-state index contributed by atoms with van der Waals surface area (Å²) in [5.74, 6) is -0.586. The van der Waals surface area contributed by atoms with Crippen LogP contribution in [0.2, 0.25) is 0 Å². The average Bonchev–Trinajstić information content (AvgIpc) is 3.25. The van der Waals surface area contributed by atoms with Crippen LogP contribution in [0.1, 0.15) is 12.5 Å². The highest BCUT2D eigenvalue weighted by molar-refractivity contribution is 6.00. The molecular weight excluding hydrogens is 466 g/mol. The van der Waals surface area contributed by atoms with Gasteiger partial charge in [0, 0.05) is 54.1 Å². The third-order valence-electron chi connectivity index (χ3n) is 5.63. The van der Waals surface area contributed by atoms with Crippen molar-refractivity contribution in [3.05, 3.63) is 84.7 Å². The first kappa shape index (κ1) is 25.4. The number of esters is 1. The fraction of sp³-hybridized carbons (Fsp3) is 0.172. The Balaban J connectivity index is 1.71. The Labute approximate surface area is 215 Å². The number of nitrogens with zero attached hydrogens (tertiary/aromatic N) is 4. The number of aromatic nitrogens is 2. The molecule has 186 valence electrons. The maximum Gasteiger partial charge on any atom is 0.304 e. The quantitative estimate of drug-likeness (QED) is 0.279. The largest absolute Gasteiger partial charge is 0.444 e. The van der Waals surface area contributed by atoms with E-state index in [9.17, 15) is 14.9 Å². The minimum atomic E-state index is -0.387. The first-order chi connectivity index (χ1) is 17.8. The highest BCUT2D eigenvalue weighted by atomic mass is 16.5. The van der Waals surface area contributed by atoms with Gasteiger partial charge >= 0.3 is 5.97 Å². The molecule has 8 nitrogen and oxygen atoms in total. The molecule has 1 N–H and O–H groups in total. The van der Waals surface area contributed by atoms with Crippen LogP contribution in [0.4, 0.5) is 5.69 Å². The third-order valence-corrected chi connectivity index (χ3v) is 5.63. The molecule has 4 rings (SSSR count). The molecule has 0 saturated carbocycles. The van der Waals surface area contributed by atoms with Crippen LogP contribution >= 0.6 is 0 Å². The Bertz CT molecular complexity index is 1530. The molecule has 0 fully saturated rings. The Kier molecular flexibility index (Phi) is 7.77. The summed E-state index contributed by atoms with van der Waals surface area (Å²) in [7, 11) is 3.87. The van der Waals surface area contributed by atoms with Crippen LogP contribution < -0.4 is 5.32 Å². The molecule has 0 atom stereocenters. The highest BCUT2D eigenvalue weighted by Crippen LogP contribution is 2.33. The lowest BCUT2D eigenvalue weighted by molar-refractivity contribution is -0.144. The summed E-state index contributed by atoms with van der Waals surface area (Å²) in [4.78, 5) is 30.4. The van der Waals surface area contributed by atoms with Crippen molar-refractivity contribution >= 4 is 28.6 Å². The topological polar surface area (TPSA) is 100 Å². The fourth-order valence-corrected chi connectivity index (χ4v) is 3.91. The molecule has 2 aromatic heterocycles. The lowest BCUT2D eigenvalue weighted by Crippen LogP contribution is -2.12. The maximum atomic E-state index is 12.3. The Hall–Kier alpha value is -4.74. The molecule has 2 aromatic carbocycles. The van der Waals surface area contributed by atoms with E-state index in [-0.39, 0.29) is 18.6 Å². The second kappa shape index (κ2) is 11.3. The minimum absolute atomic E-state index is 0.0268. The number of amides is 1. The van der Waals surface area contributed by atoms with Gasteiger partial charge in [0.1, 0.15) is 5.65 Å². The number of hydrogen-bond donors (Lipinski definition) is 1. The van der Waals surface area contributed by atoms with Gasteiger partial charge < -0.3 is 15.0 Å². The molecule has 1 amide bonds. The number of carbonyl (C=O) groups excluding carboxylic acids is 2. The van der Waals surface area contributed by atoms with E-state index in [1.165, 1.54) is 13.0 Å². The van der Waals surface area contributed by atoms with Gasteiger partial charge in [0.25, 0.3) is 0 Å². The number of benzene rings is 2. The third kappa shape index (κ3) is 6.28. The van der Waals surface area contributed by atoms with Crippen molar-refractivity contribution in [3.8, 4) is 28.3 Å². The van der Waals surface area contributed by atoms with E-state index in [1.807, 2.05) is 73.7 Å². The van der Waals surface area contributed by atoms with Crippen LogP contribution in [0.3, 0.4) is 0 Å². The standard InChI is InChI=1S/C29H27N5O3/c1-20(35)37-19-34-18-27(23-9-4-7-21(13-23)16-30)26-15-24(17-31-29(26)34)22-8-5-10-25(14-22)32-28(36)11-6-12-33(2)3/h4-11,13-15,17-18H,12,19H2,1-3H3,(H,32,36)/b11-6+. The highest BCUT2D eigenvalue weighted by Gasteiger charge is 2.15. The Morgan fingerprint density at radius 2 is 1.89 bits per heavy atom. The first-order valence-corrected chi connectivity index (χ1v) is 11.7. The summed E-state index contributed by atoms with van der Waals surface area (Å²) in [6, 6.07) is 19.1. The number of pyridine rings is 1. The molecular formula is C29H27N5O3. The zero-order valence-electron chi connectivity index (χ0n) is 20.9. The van der Waals surface area contributed by atoms with Gasteiger partial charge in [0.15, 0.2) is 6.73 Å². The van der Waals surface area contributed by atoms with Crippen LogP contribution in [0, 0.1) is 11.3 Å². The fourth-order valence-electron chi connectivity index (χ4n) is 3.91. The molecule has 4 aromatic rings. The molecule has 37 heavy (non-hydrogen) atoms. The van der Waals surface area contributed by atoms with Crippen molar-refractivity contribution in [1.82, 2.24) is 14.5 Å². The van der Waals surface area contributed by atoms with Gasteiger partial charge in [0.2, 0.25) is 5.91 Å². The average molecular weight is 494 g/mol. The number of rotatable bonds is 8. The van der Waals surface area contributed by atoms with E-state index in [2.05, 4.69) is 16.4 Å². The zero-order valence-corrected chi connectivity index (χ0v) is 20.9. The summed E-state index contributed by atoms with van der Waals surface area (Å²) in [5.41, 5.74) is 5.33. The zero-order chi connectivity index (χ0) is 26.4. The smallest absolute Gasteiger partial charge is 0.304 e. The predicted octanol–water partition coefficient (Wildman–Crippen LogP) is 4.82. The SMILES string of the molecule is CC(=O)OCn1cc(-c2cccc(C#N)c2)c2cc(-c3cccc(NC(=O)/C=C/CN(C)C)c3)cnc21. The lowest BCUT2D eigenvalue weighted by atomic mass is 10.0. The van der Waals surface area contributed by atoms with Crippen molar-refractivity contribution < 1.29 is 14.3 Å². The molecule has 0 aliphatic rings. The van der Waals surface area contributed by atoms with E-state index in [1.54, 1.807) is 22.9 Å². The first-order valence-electron chi connectivity index (χ1n) is 11.7. The molecule has 0 aliphatic heterocycles. The normalized spacial score (nSPS) is 11.1. The number of carbonyl (C=O) groups is 2. The monoisotopic (exact) mass is 493 g/mol. The Morgan fingerprint density at radius 1 is 1.11 bits per heavy atom. The molecule has 8 heteroatoms. The van der Waals surface area contributed by atoms with E-state index < -0.39 is 0 Å². The number of anilines is 1. The molecule has 0 saturated heterocycles. The maximum absolute atomic E-state index is 12.3. The summed E-state index contributed by atoms with van der Waals surface area (Å²) in [6.45, 7) is 2.06. The summed E-state index contributed by atoms with van der Waals surface area (Å²) in [5, 5.41) is 13.1. The summed E-state index contributed by atoms with van der Waals surface area (Å²) in [6.07, 6.45) is 6.95. The van der Waals surface area contributed by atoms with Crippen LogP contribution in [-0.2, 0) is 21.1 Å². The summed E-state index contributed by atoms with van der Waals surface area (Å²) >= 11 is 0. The van der Waals surface area contributed by atoms with Gasteiger partial charge in [-0.1, -0.05) is 30.3 Å². The van der Waals surface area contributed by atoms with E-state index in [4.69, 9.17) is 4.74 Å². The van der Waals surface area contributed by atoms with Gasteiger partial charge in [0.05, 0.1) is 11.6 Å². The molecule has 0 aliphatic carbocycles. The number of fused-ring (bicyclic) bond motifs is 1. The van der Waals surface area contributed by atoms with E-state index in [0.29, 0.717) is 23.4 Å². The van der Waals surface area contributed by atoms with E-state index in [0.717, 1.165) is 27.6 Å². The molecule has 0 spiro atoms. The minimum Gasteiger partial charge on any atom is -0.444 e. The van der Waals surface area contributed by atoms with Crippen molar-refractivity contribution in [2.45, 2.75) is 13.7 Å². The Morgan fingerprint density at radius 3 is 2.65 bits per heavy atom. The van der Waals surface area contributed by atoms with E-state index >= 15 is 0 Å². The molecule has 0 radical (unpaired) electrons. The van der Waals surface area contributed by atoms with Gasteiger partial charge in [-0.3, -0.25) is 14.2 Å². The van der Waals surface area contributed by atoms with Crippen molar-refractivity contribution in [1.29, 1.82) is 5.26 Å². The van der Waals surface area contributed by atoms with Gasteiger partial charge in [-0.2, -0.15) is 5.26 Å². The second-order valence-electron chi connectivity index (χ2n) is 8.80.